The molecule has 0 amide bonds. The van der Waals surface area contributed by atoms with Crippen molar-refractivity contribution in [3.05, 3.63) is 53.3 Å². The van der Waals surface area contributed by atoms with Crippen LogP contribution in [-0.4, -0.2) is 16.5 Å². The first-order valence-electron chi connectivity index (χ1n) is 5.93. The van der Waals surface area contributed by atoms with Gasteiger partial charge in [0.1, 0.15) is 0 Å². The van der Waals surface area contributed by atoms with Crippen molar-refractivity contribution in [3.8, 4) is 0 Å². The number of thioether (sulfide) groups is 1. The fourth-order valence-electron chi connectivity index (χ4n) is 1.79. The summed E-state index contributed by atoms with van der Waals surface area (Å²) >= 11 is 1.62. The molecule has 1 heterocycles. The maximum atomic E-state index is 5.85. The molecule has 0 aliphatic rings. The summed E-state index contributed by atoms with van der Waals surface area (Å²) in [4.78, 5) is 8.89. The SMILES string of the molecule is Cc1cc(C)nc(SC(CN)c2ccccc2)n1. The quantitative estimate of drug-likeness (QED) is 0.677. The Kier molecular flexibility index (Phi) is 4.33. The molecule has 2 N–H and O–H groups in total. The Morgan fingerprint density at radius 3 is 2.28 bits per heavy atom. The topological polar surface area (TPSA) is 51.8 Å². The van der Waals surface area contributed by atoms with Crippen molar-refractivity contribution in [2.24, 2.45) is 5.73 Å². The Balaban J connectivity index is 2.20. The van der Waals surface area contributed by atoms with E-state index in [1.807, 2.05) is 38.1 Å². The molecule has 94 valence electrons. The Morgan fingerprint density at radius 1 is 1.11 bits per heavy atom. The van der Waals surface area contributed by atoms with Crippen LogP contribution in [0.5, 0.6) is 0 Å². The summed E-state index contributed by atoms with van der Waals surface area (Å²) in [6.45, 7) is 4.54. The molecule has 1 unspecified atom stereocenters. The van der Waals surface area contributed by atoms with Crippen LogP contribution in [0.4, 0.5) is 0 Å². The highest BCUT2D eigenvalue weighted by molar-refractivity contribution is 7.99. The largest absolute Gasteiger partial charge is 0.329 e. The van der Waals surface area contributed by atoms with Crippen molar-refractivity contribution >= 4 is 11.8 Å². The first kappa shape index (κ1) is 13.1. The fourth-order valence-corrected chi connectivity index (χ4v) is 2.83. The molecule has 3 nitrogen and oxygen atoms in total. The predicted octanol–water partition coefficient (Wildman–Crippen LogP) is 2.89. The summed E-state index contributed by atoms with van der Waals surface area (Å²) in [7, 11) is 0. The standard InChI is InChI=1S/C14H17N3S/c1-10-8-11(2)17-14(16-10)18-13(9-15)12-6-4-3-5-7-12/h3-8,13H,9,15H2,1-2H3. The number of hydrogen-bond acceptors (Lipinski definition) is 4. The third kappa shape index (κ3) is 3.31. The van der Waals surface area contributed by atoms with Gasteiger partial charge < -0.3 is 5.73 Å². The number of aryl methyl sites for hydroxylation is 2. The van der Waals surface area contributed by atoms with Gasteiger partial charge in [0.15, 0.2) is 5.16 Å². The van der Waals surface area contributed by atoms with Crippen molar-refractivity contribution in [2.75, 3.05) is 6.54 Å². The number of benzene rings is 1. The van der Waals surface area contributed by atoms with E-state index < -0.39 is 0 Å². The number of rotatable bonds is 4. The van der Waals surface area contributed by atoms with Gasteiger partial charge in [-0.25, -0.2) is 9.97 Å². The van der Waals surface area contributed by atoms with Crippen molar-refractivity contribution in [1.82, 2.24) is 9.97 Å². The molecule has 0 radical (unpaired) electrons. The summed E-state index contributed by atoms with van der Waals surface area (Å²) in [6, 6.07) is 12.2. The van der Waals surface area contributed by atoms with Crippen molar-refractivity contribution < 1.29 is 0 Å². The monoisotopic (exact) mass is 259 g/mol. The van der Waals surface area contributed by atoms with Gasteiger partial charge in [-0.1, -0.05) is 42.1 Å². The zero-order valence-electron chi connectivity index (χ0n) is 10.6. The molecular weight excluding hydrogens is 242 g/mol. The average Bonchev–Trinajstić information content (AvgIpc) is 2.36. The molecule has 0 aliphatic carbocycles. The van der Waals surface area contributed by atoms with E-state index in [-0.39, 0.29) is 5.25 Å². The summed E-state index contributed by atoms with van der Waals surface area (Å²) < 4.78 is 0. The summed E-state index contributed by atoms with van der Waals surface area (Å²) in [5.74, 6) is 0. The predicted molar refractivity (Wildman–Crippen MR) is 75.6 cm³/mol. The maximum absolute atomic E-state index is 5.85. The van der Waals surface area contributed by atoms with Crippen LogP contribution in [-0.2, 0) is 0 Å². The van der Waals surface area contributed by atoms with E-state index in [0.717, 1.165) is 16.5 Å². The minimum absolute atomic E-state index is 0.201. The lowest BCUT2D eigenvalue weighted by atomic mass is 10.1. The van der Waals surface area contributed by atoms with Crippen LogP contribution in [0.2, 0.25) is 0 Å². The average molecular weight is 259 g/mol. The normalized spacial score (nSPS) is 12.4. The van der Waals surface area contributed by atoms with Gasteiger partial charge in [0, 0.05) is 23.2 Å². The minimum Gasteiger partial charge on any atom is -0.329 e. The molecule has 2 aromatic rings. The maximum Gasteiger partial charge on any atom is 0.188 e. The van der Waals surface area contributed by atoms with E-state index in [1.54, 1.807) is 11.8 Å². The molecule has 0 bridgehead atoms. The van der Waals surface area contributed by atoms with E-state index in [1.165, 1.54) is 5.56 Å². The van der Waals surface area contributed by atoms with Gasteiger partial charge in [0.25, 0.3) is 0 Å². The van der Waals surface area contributed by atoms with E-state index >= 15 is 0 Å². The Labute approximate surface area is 112 Å². The second-order valence-corrected chi connectivity index (χ2v) is 5.36. The van der Waals surface area contributed by atoms with Crippen molar-refractivity contribution in [2.45, 2.75) is 24.3 Å². The van der Waals surface area contributed by atoms with Crippen LogP contribution in [0.15, 0.2) is 41.6 Å². The highest BCUT2D eigenvalue weighted by atomic mass is 32.2. The van der Waals surface area contributed by atoms with Crippen LogP contribution in [0.1, 0.15) is 22.2 Å². The lowest BCUT2D eigenvalue weighted by Crippen LogP contribution is -2.10. The van der Waals surface area contributed by atoms with Crippen LogP contribution >= 0.6 is 11.8 Å². The van der Waals surface area contributed by atoms with Crippen LogP contribution < -0.4 is 5.73 Å². The molecule has 2 rings (SSSR count). The number of aromatic nitrogens is 2. The second kappa shape index (κ2) is 5.98. The highest BCUT2D eigenvalue weighted by Crippen LogP contribution is 2.32. The third-order valence-electron chi connectivity index (χ3n) is 2.59. The third-order valence-corrected chi connectivity index (χ3v) is 3.74. The molecule has 0 spiro atoms. The first-order valence-corrected chi connectivity index (χ1v) is 6.81. The van der Waals surface area contributed by atoms with Crippen LogP contribution in [0, 0.1) is 13.8 Å². The van der Waals surface area contributed by atoms with Crippen molar-refractivity contribution in [1.29, 1.82) is 0 Å². The van der Waals surface area contributed by atoms with E-state index in [2.05, 4.69) is 22.1 Å². The molecule has 0 saturated heterocycles. The lowest BCUT2D eigenvalue weighted by Gasteiger charge is -2.14. The number of hydrogen-bond donors (Lipinski definition) is 1. The van der Waals surface area contributed by atoms with Gasteiger partial charge >= 0.3 is 0 Å². The van der Waals surface area contributed by atoms with Gasteiger partial charge in [-0.15, -0.1) is 0 Å². The molecule has 0 saturated carbocycles. The van der Waals surface area contributed by atoms with Crippen molar-refractivity contribution in [3.63, 3.8) is 0 Å². The van der Waals surface area contributed by atoms with E-state index in [9.17, 15) is 0 Å². The summed E-state index contributed by atoms with van der Waals surface area (Å²) in [6.07, 6.45) is 0. The molecule has 1 atom stereocenters. The molecule has 1 aromatic carbocycles. The Hall–Kier alpha value is -1.39. The van der Waals surface area contributed by atoms with Crippen LogP contribution in [0.25, 0.3) is 0 Å². The summed E-state index contributed by atoms with van der Waals surface area (Å²) in [5.41, 5.74) is 9.06. The fraction of sp³-hybridized carbons (Fsp3) is 0.286. The first-order chi connectivity index (χ1) is 8.69. The molecule has 18 heavy (non-hydrogen) atoms. The molecule has 1 aromatic heterocycles. The Bertz CT molecular complexity index is 493. The smallest absolute Gasteiger partial charge is 0.188 e. The Morgan fingerprint density at radius 2 is 1.72 bits per heavy atom. The van der Waals surface area contributed by atoms with Crippen LogP contribution in [0.3, 0.4) is 0 Å². The zero-order chi connectivity index (χ0) is 13.0. The van der Waals surface area contributed by atoms with Gasteiger partial charge in [0.2, 0.25) is 0 Å². The zero-order valence-corrected chi connectivity index (χ0v) is 11.4. The molecule has 0 aliphatic heterocycles. The summed E-state index contributed by atoms with van der Waals surface area (Å²) in [5, 5.41) is 0.999. The van der Waals surface area contributed by atoms with E-state index in [4.69, 9.17) is 5.73 Å². The lowest BCUT2D eigenvalue weighted by molar-refractivity contribution is 0.878. The van der Waals surface area contributed by atoms with Gasteiger partial charge in [-0.05, 0) is 25.5 Å². The minimum atomic E-state index is 0.201. The molecule has 0 fully saturated rings. The molecular formula is C14H17N3S. The molecule has 4 heteroatoms. The van der Waals surface area contributed by atoms with Gasteiger partial charge in [-0.2, -0.15) is 0 Å². The van der Waals surface area contributed by atoms with E-state index in [0.29, 0.717) is 6.54 Å². The number of nitrogens with two attached hydrogens (primary N) is 1. The second-order valence-electron chi connectivity index (χ2n) is 4.19. The highest BCUT2D eigenvalue weighted by Gasteiger charge is 2.13. The number of nitrogens with zero attached hydrogens (tertiary/aromatic N) is 2. The van der Waals surface area contributed by atoms with Gasteiger partial charge in [0.05, 0.1) is 0 Å². The van der Waals surface area contributed by atoms with Gasteiger partial charge in [-0.3, -0.25) is 0 Å².